The number of non-ortho nitro benzene ring substituents is 1. The third-order valence-corrected chi connectivity index (χ3v) is 4.25. The van der Waals surface area contributed by atoms with Crippen LogP contribution in [0, 0.1) is 10.1 Å². The van der Waals surface area contributed by atoms with Gasteiger partial charge in [0.05, 0.1) is 29.1 Å². The molecule has 26 heavy (non-hydrogen) atoms. The molecule has 0 aliphatic heterocycles. The summed E-state index contributed by atoms with van der Waals surface area (Å²) in [5, 5.41) is 11.8. The van der Waals surface area contributed by atoms with Crippen LogP contribution in [-0.2, 0) is 17.8 Å². The maximum absolute atomic E-state index is 12.6. The summed E-state index contributed by atoms with van der Waals surface area (Å²) in [6.45, 7) is 2.93. The second kappa shape index (κ2) is 7.74. The quantitative estimate of drug-likeness (QED) is 0.502. The monoisotopic (exact) mass is 349 g/mol. The van der Waals surface area contributed by atoms with Crippen LogP contribution in [0.25, 0.3) is 10.9 Å². The van der Waals surface area contributed by atoms with Crippen LogP contribution in [0.4, 0.5) is 5.69 Å². The van der Waals surface area contributed by atoms with Crippen molar-refractivity contribution in [2.24, 2.45) is 0 Å². The number of benzene rings is 2. The van der Waals surface area contributed by atoms with E-state index in [2.05, 4.69) is 4.98 Å². The molecule has 0 saturated heterocycles. The molecule has 1 heterocycles. The Kier molecular flexibility index (Phi) is 5.22. The summed E-state index contributed by atoms with van der Waals surface area (Å²) in [7, 11) is 0. The van der Waals surface area contributed by atoms with E-state index in [1.165, 1.54) is 12.1 Å². The number of nitrogens with zero attached hydrogens (tertiary/aromatic N) is 3. The van der Waals surface area contributed by atoms with Gasteiger partial charge < -0.3 is 4.90 Å². The van der Waals surface area contributed by atoms with Gasteiger partial charge in [-0.15, -0.1) is 0 Å². The molecule has 0 atom stereocenters. The molecule has 6 heteroatoms. The van der Waals surface area contributed by atoms with Gasteiger partial charge in [0, 0.05) is 24.1 Å². The number of nitro groups is 1. The van der Waals surface area contributed by atoms with Gasteiger partial charge in [0.25, 0.3) is 5.69 Å². The highest BCUT2D eigenvalue weighted by molar-refractivity contribution is 5.80. The van der Waals surface area contributed by atoms with Crippen LogP contribution < -0.4 is 0 Å². The summed E-state index contributed by atoms with van der Waals surface area (Å²) in [5.74, 6) is -0.0312. The van der Waals surface area contributed by atoms with Crippen molar-refractivity contribution >= 4 is 22.5 Å². The lowest BCUT2D eigenvalue weighted by Crippen LogP contribution is -2.31. The normalized spacial score (nSPS) is 10.7. The molecule has 0 bridgehead atoms. The van der Waals surface area contributed by atoms with Crippen molar-refractivity contribution in [2.75, 3.05) is 6.54 Å². The Hall–Kier alpha value is -3.28. The van der Waals surface area contributed by atoms with E-state index in [1.807, 2.05) is 43.3 Å². The van der Waals surface area contributed by atoms with Gasteiger partial charge in [0.15, 0.2) is 0 Å². The first kappa shape index (κ1) is 17.5. The number of likely N-dealkylation sites (N-methyl/N-ethyl adjacent to an activating group) is 1. The molecule has 0 radical (unpaired) electrons. The standard InChI is InChI=1S/C20H19N3O3/c1-2-22(14-17-10-9-16-5-3-4-6-19(16)21-17)20(24)13-15-7-11-18(12-8-15)23(25)26/h3-12H,2,13-14H2,1H3. The van der Waals surface area contributed by atoms with E-state index in [-0.39, 0.29) is 18.0 Å². The minimum absolute atomic E-state index is 0.0221. The lowest BCUT2D eigenvalue weighted by Gasteiger charge is -2.20. The Morgan fingerprint density at radius 1 is 1.08 bits per heavy atom. The van der Waals surface area contributed by atoms with Gasteiger partial charge >= 0.3 is 0 Å². The molecule has 0 aliphatic carbocycles. The summed E-state index contributed by atoms with van der Waals surface area (Å²) in [6.07, 6.45) is 0.208. The van der Waals surface area contributed by atoms with Gasteiger partial charge in [-0.2, -0.15) is 0 Å². The molecular weight excluding hydrogens is 330 g/mol. The van der Waals surface area contributed by atoms with Crippen molar-refractivity contribution in [2.45, 2.75) is 19.9 Å². The number of para-hydroxylation sites is 1. The molecule has 0 saturated carbocycles. The Bertz CT molecular complexity index is 938. The lowest BCUT2D eigenvalue weighted by molar-refractivity contribution is -0.384. The number of nitro benzene ring substituents is 1. The zero-order valence-corrected chi connectivity index (χ0v) is 14.5. The van der Waals surface area contributed by atoms with Gasteiger partial charge in [-0.05, 0) is 24.6 Å². The van der Waals surface area contributed by atoms with Crippen LogP contribution in [0.3, 0.4) is 0 Å². The van der Waals surface area contributed by atoms with Crippen LogP contribution in [0.1, 0.15) is 18.2 Å². The molecule has 0 spiro atoms. The predicted octanol–water partition coefficient (Wildman–Crippen LogP) is 3.73. The molecule has 3 aromatic rings. The average molecular weight is 349 g/mol. The number of carbonyl (C=O) groups excluding carboxylic acids is 1. The fourth-order valence-corrected chi connectivity index (χ4v) is 2.79. The van der Waals surface area contributed by atoms with Crippen LogP contribution in [0.15, 0.2) is 60.7 Å². The Morgan fingerprint density at radius 2 is 1.81 bits per heavy atom. The largest absolute Gasteiger partial charge is 0.337 e. The summed E-state index contributed by atoms with van der Waals surface area (Å²) >= 11 is 0. The second-order valence-electron chi connectivity index (χ2n) is 6.00. The molecule has 132 valence electrons. The topological polar surface area (TPSA) is 76.3 Å². The number of pyridine rings is 1. The predicted molar refractivity (Wildman–Crippen MR) is 99.6 cm³/mol. The molecule has 1 amide bonds. The number of amides is 1. The zero-order valence-electron chi connectivity index (χ0n) is 14.5. The zero-order chi connectivity index (χ0) is 18.5. The summed E-state index contributed by atoms with van der Waals surface area (Å²) < 4.78 is 0. The van der Waals surface area contributed by atoms with Gasteiger partial charge in [0.2, 0.25) is 5.91 Å². The Morgan fingerprint density at radius 3 is 2.50 bits per heavy atom. The van der Waals surface area contributed by atoms with Crippen molar-refractivity contribution in [1.82, 2.24) is 9.88 Å². The maximum Gasteiger partial charge on any atom is 0.269 e. The highest BCUT2D eigenvalue weighted by Gasteiger charge is 2.14. The first-order valence-electron chi connectivity index (χ1n) is 8.42. The van der Waals surface area contributed by atoms with E-state index < -0.39 is 4.92 Å². The first-order valence-corrected chi connectivity index (χ1v) is 8.42. The lowest BCUT2D eigenvalue weighted by atomic mass is 10.1. The fourth-order valence-electron chi connectivity index (χ4n) is 2.79. The van der Waals surface area contributed by atoms with E-state index in [0.29, 0.717) is 13.1 Å². The Balaban J connectivity index is 1.70. The van der Waals surface area contributed by atoms with E-state index in [4.69, 9.17) is 0 Å². The Labute approximate surface area is 151 Å². The molecule has 0 fully saturated rings. The second-order valence-corrected chi connectivity index (χ2v) is 6.00. The number of hydrogen-bond acceptors (Lipinski definition) is 4. The molecule has 0 aliphatic rings. The molecular formula is C20H19N3O3. The van der Waals surface area contributed by atoms with Crippen LogP contribution in [-0.4, -0.2) is 27.3 Å². The van der Waals surface area contributed by atoms with Crippen molar-refractivity contribution in [3.63, 3.8) is 0 Å². The SMILES string of the molecule is CCN(Cc1ccc2ccccc2n1)C(=O)Cc1ccc([N+](=O)[O-])cc1. The van der Waals surface area contributed by atoms with Crippen molar-refractivity contribution < 1.29 is 9.72 Å². The third kappa shape index (κ3) is 4.03. The van der Waals surface area contributed by atoms with Crippen LogP contribution in [0.5, 0.6) is 0 Å². The molecule has 0 N–H and O–H groups in total. The van der Waals surface area contributed by atoms with Gasteiger partial charge in [-0.1, -0.05) is 36.4 Å². The van der Waals surface area contributed by atoms with Gasteiger partial charge in [0.1, 0.15) is 0 Å². The van der Waals surface area contributed by atoms with Crippen molar-refractivity contribution in [3.8, 4) is 0 Å². The number of fused-ring (bicyclic) bond motifs is 1. The van der Waals surface area contributed by atoms with Crippen LogP contribution >= 0.6 is 0 Å². The number of aromatic nitrogens is 1. The highest BCUT2D eigenvalue weighted by atomic mass is 16.6. The third-order valence-electron chi connectivity index (χ3n) is 4.25. The summed E-state index contributed by atoms with van der Waals surface area (Å²) in [5.41, 5.74) is 2.52. The van der Waals surface area contributed by atoms with Gasteiger partial charge in [-0.25, -0.2) is 0 Å². The summed E-state index contributed by atoms with van der Waals surface area (Å²) in [4.78, 5) is 29.2. The van der Waals surface area contributed by atoms with Crippen molar-refractivity contribution in [3.05, 3.63) is 82.0 Å². The fraction of sp³-hybridized carbons (Fsp3) is 0.200. The minimum Gasteiger partial charge on any atom is -0.337 e. The molecule has 0 unspecified atom stereocenters. The van der Waals surface area contributed by atoms with Gasteiger partial charge in [-0.3, -0.25) is 19.9 Å². The van der Waals surface area contributed by atoms with E-state index in [1.54, 1.807) is 17.0 Å². The maximum atomic E-state index is 12.6. The van der Waals surface area contributed by atoms with Crippen molar-refractivity contribution in [1.29, 1.82) is 0 Å². The average Bonchev–Trinajstić information content (AvgIpc) is 2.66. The molecule has 6 nitrogen and oxygen atoms in total. The molecule has 1 aromatic heterocycles. The number of carbonyl (C=O) groups is 1. The molecule has 3 rings (SSSR count). The van der Waals surface area contributed by atoms with E-state index >= 15 is 0 Å². The van der Waals surface area contributed by atoms with Crippen LogP contribution in [0.2, 0.25) is 0 Å². The van der Waals surface area contributed by atoms with E-state index in [0.717, 1.165) is 22.2 Å². The number of hydrogen-bond donors (Lipinski definition) is 0. The summed E-state index contributed by atoms with van der Waals surface area (Å²) in [6, 6.07) is 17.9. The minimum atomic E-state index is -0.449. The molecule has 2 aromatic carbocycles. The van der Waals surface area contributed by atoms with E-state index in [9.17, 15) is 14.9 Å². The highest BCUT2D eigenvalue weighted by Crippen LogP contribution is 2.15. The first-order chi connectivity index (χ1) is 12.6. The smallest absolute Gasteiger partial charge is 0.269 e. The number of rotatable bonds is 6.